The summed E-state index contributed by atoms with van der Waals surface area (Å²) < 4.78 is 5.06. The van der Waals surface area contributed by atoms with Gasteiger partial charge in [0.2, 0.25) is 0 Å². The molecule has 3 heteroatoms. The van der Waals surface area contributed by atoms with E-state index in [9.17, 15) is 0 Å². The van der Waals surface area contributed by atoms with E-state index in [0.29, 0.717) is 6.61 Å². The molecule has 1 atom stereocenters. The van der Waals surface area contributed by atoms with Crippen LogP contribution in [-0.2, 0) is 4.74 Å². The van der Waals surface area contributed by atoms with E-state index in [1.54, 1.807) is 7.11 Å². The summed E-state index contributed by atoms with van der Waals surface area (Å²) in [5.74, 6) is 0.727. The van der Waals surface area contributed by atoms with E-state index in [2.05, 4.69) is 18.7 Å². The normalized spacial score (nSPS) is 19.3. The van der Waals surface area contributed by atoms with E-state index in [1.165, 1.54) is 19.4 Å². The standard InChI is InChI=1S/C11H24N2O/c1-9(2)6-13(11-4-5-11)7-10(12)8-14-3/h9-11H,4-8,12H2,1-3H3. The fraction of sp³-hybridized carbons (Fsp3) is 1.00. The van der Waals surface area contributed by atoms with E-state index >= 15 is 0 Å². The van der Waals surface area contributed by atoms with Crippen molar-refractivity contribution in [1.82, 2.24) is 4.90 Å². The summed E-state index contributed by atoms with van der Waals surface area (Å²) in [4.78, 5) is 2.52. The van der Waals surface area contributed by atoms with Crippen molar-refractivity contribution in [1.29, 1.82) is 0 Å². The van der Waals surface area contributed by atoms with E-state index in [1.807, 2.05) is 0 Å². The molecule has 0 spiro atoms. The van der Waals surface area contributed by atoms with E-state index in [0.717, 1.165) is 18.5 Å². The monoisotopic (exact) mass is 200 g/mol. The second kappa shape index (κ2) is 5.69. The van der Waals surface area contributed by atoms with Gasteiger partial charge in [-0.3, -0.25) is 4.90 Å². The predicted octanol–water partition coefficient (Wildman–Crippen LogP) is 1.08. The van der Waals surface area contributed by atoms with Crippen LogP contribution in [0.15, 0.2) is 0 Å². The minimum Gasteiger partial charge on any atom is -0.383 e. The zero-order valence-corrected chi connectivity index (χ0v) is 9.70. The molecule has 14 heavy (non-hydrogen) atoms. The molecular weight excluding hydrogens is 176 g/mol. The Morgan fingerprint density at radius 2 is 2.00 bits per heavy atom. The first kappa shape index (κ1) is 12.0. The van der Waals surface area contributed by atoms with Crippen LogP contribution in [0.3, 0.4) is 0 Å². The Morgan fingerprint density at radius 1 is 1.36 bits per heavy atom. The van der Waals surface area contributed by atoms with Crippen LogP contribution < -0.4 is 5.73 Å². The van der Waals surface area contributed by atoms with Gasteiger partial charge in [-0.25, -0.2) is 0 Å². The van der Waals surface area contributed by atoms with Gasteiger partial charge in [0, 0.05) is 32.3 Å². The molecule has 0 saturated heterocycles. The van der Waals surface area contributed by atoms with Gasteiger partial charge in [0.25, 0.3) is 0 Å². The number of ether oxygens (including phenoxy) is 1. The first-order chi connectivity index (χ1) is 6.63. The molecule has 0 aromatic carbocycles. The third kappa shape index (κ3) is 4.40. The summed E-state index contributed by atoms with van der Waals surface area (Å²) in [7, 11) is 1.71. The van der Waals surface area contributed by atoms with Gasteiger partial charge in [0.15, 0.2) is 0 Å². The summed E-state index contributed by atoms with van der Waals surface area (Å²) in [5, 5.41) is 0. The highest BCUT2D eigenvalue weighted by molar-refractivity contribution is 4.86. The molecule has 1 aliphatic rings. The molecule has 0 aliphatic heterocycles. The van der Waals surface area contributed by atoms with Crippen LogP contribution in [0.4, 0.5) is 0 Å². The second-order valence-corrected chi connectivity index (χ2v) is 4.79. The largest absolute Gasteiger partial charge is 0.383 e. The van der Waals surface area contributed by atoms with Crippen LogP contribution in [0.25, 0.3) is 0 Å². The number of hydrogen-bond acceptors (Lipinski definition) is 3. The highest BCUT2D eigenvalue weighted by atomic mass is 16.5. The number of methoxy groups -OCH3 is 1. The quantitative estimate of drug-likeness (QED) is 0.668. The summed E-state index contributed by atoms with van der Waals surface area (Å²) in [5.41, 5.74) is 5.96. The highest BCUT2D eigenvalue weighted by Crippen LogP contribution is 2.27. The molecule has 1 fully saturated rings. The lowest BCUT2D eigenvalue weighted by Gasteiger charge is -2.26. The second-order valence-electron chi connectivity index (χ2n) is 4.79. The Labute approximate surface area is 87.6 Å². The van der Waals surface area contributed by atoms with Crippen LogP contribution in [0.2, 0.25) is 0 Å². The van der Waals surface area contributed by atoms with Gasteiger partial charge in [0.05, 0.1) is 6.61 Å². The lowest BCUT2D eigenvalue weighted by atomic mass is 10.2. The Bertz CT molecular complexity index is 157. The smallest absolute Gasteiger partial charge is 0.0626 e. The molecule has 1 rings (SSSR count). The molecule has 84 valence electrons. The predicted molar refractivity (Wildman–Crippen MR) is 59.3 cm³/mol. The minimum atomic E-state index is 0.166. The molecule has 0 aromatic rings. The Morgan fingerprint density at radius 3 is 2.43 bits per heavy atom. The minimum absolute atomic E-state index is 0.166. The summed E-state index contributed by atoms with van der Waals surface area (Å²) in [6.07, 6.45) is 2.71. The summed E-state index contributed by atoms with van der Waals surface area (Å²) in [6.45, 7) is 7.34. The van der Waals surface area contributed by atoms with Gasteiger partial charge >= 0.3 is 0 Å². The molecule has 0 radical (unpaired) electrons. The summed E-state index contributed by atoms with van der Waals surface area (Å²) in [6, 6.07) is 0.972. The average molecular weight is 200 g/mol. The Kier molecular flexibility index (Phi) is 4.85. The number of nitrogens with zero attached hydrogens (tertiary/aromatic N) is 1. The van der Waals surface area contributed by atoms with Gasteiger partial charge in [-0.05, 0) is 18.8 Å². The van der Waals surface area contributed by atoms with Crippen LogP contribution in [0, 0.1) is 5.92 Å². The van der Waals surface area contributed by atoms with Crippen LogP contribution in [0.1, 0.15) is 26.7 Å². The van der Waals surface area contributed by atoms with Crippen molar-refractivity contribution in [2.24, 2.45) is 11.7 Å². The van der Waals surface area contributed by atoms with Crippen molar-refractivity contribution < 1.29 is 4.74 Å². The topological polar surface area (TPSA) is 38.5 Å². The van der Waals surface area contributed by atoms with Crippen molar-refractivity contribution in [3.63, 3.8) is 0 Å². The van der Waals surface area contributed by atoms with Gasteiger partial charge in [-0.15, -0.1) is 0 Å². The molecule has 2 N–H and O–H groups in total. The van der Waals surface area contributed by atoms with E-state index < -0.39 is 0 Å². The van der Waals surface area contributed by atoms with Gasteiger partial charge in [0.1, 0.15) is 0 Å². The highest BCUT2D eigenvalue weighted by Gasteiger charge is 2.29. The van der Waals surface area contributed by atoms with Crippen molar-refractivity contribution in [2.75, 3.05) is 26.8 Å². The van der Waals surface area contributed by atoms with Crippen LogP contribution >= 0.6 is 0 Å². The maximum absolute atomic E-state index is 5.96. The number of hydrogen-bond donors (Lipinski definition) is 1. The third-order valence-electron chi connectivity index (χ3n) is 2.51. The molecule has 0 bridgehead atoms. The molecular formula is C11H24N2O. The number of rotatable bonds is 7. The molecule has 3 nitrogen and oxygen atoms in total. The first-order valence-electron chi connectivity index (χ1n) is 5.62. The Hall–Kier alpha value is -0.120. The van der Waals surface area contributed by atoms with Crippen molar-refractivity contribution >= 4 is 0 Å². The van der Waals surface area contributed by atoms with Gasteiger partial charge < -0.3 is 10.5 Å². The zero-order chi connectivity index (χ0) is 10.6. The lowest BCUT2D eigenvalue weighted by molar-refractivity contribution is 0.144. The molecule has 1 unspecified atom stereocenters. The van der Waals surface area contributed by atoms with Crippen molar-refractivity contribution in [2.45, 2.75) is 38.8 Å². The summed E-state index contributed by atoms with van der Waals surface area (Å²) >= 11 is 0. The molecule has 1 saturated carbocycles. The SMILES string of the molecule is COCC(N)CN(CC(C)C)C1CC1. The van der Waals surface area contributed by atoms with E-state index in [-0.39, 0.29) is 6.04 Å². The van der Waals surface area contributed by atoms with Crippen LogP contribution in [0.5, 0.6) is 0 Å². The van der Waals surface area contributed by atoms with Crippen molar-refractivity contribution in [3.05, 3.63) is 0 Å². The lowest BCUT2D eigenvalue weighted by Crippen LogP contribution is -2.42. The van der Waals surface area contributed by atoms with Gasteiger partial charge in [-0.2, -0.15) is 0 Å². The third-order valence-corrected chi connectivity index (χ3v) is 2.51. The molecule has 0 heterocycles. The number of nitrogens with two attached hydrogens (primary N) is 1. The van der Waals surface area contributed by atoms with Crippen LogP contribution in [-0.4, -0.2) is 43.8 Å². The fourth-order valence-electron chi connectivity index (χ4n) is 1.85. The molecule has 0 amide bonds. The van der Waals surface area contributed by atoms with Crippen molar-refractivity contribution in [3.8, 4) is 0 Å². The molecule has 0 aromatic heterocycles. The fourth-order valence-corrected chi connectivity index (χ4v) is 1.85. The molecule has 1 aliphatic carbocycles. The van der Waals surface area contributed by atoms with Gasteiger partial charge in [-0.1, -0.05) is 13.8 Å². The Balaban J connectivity index is 2.27. The zero-order valence-electron chi connectivity index (χ0n) is 9.70. The van der Waals surface area contributed by atoms with E-state index in [4.69, 9.17) is 10.5 Å². The maximum atomic E-state index is 5.96. The maximum Gasteiger partial charge on any atom is 0.0626 e. The first-order valence-corrected chi connectivity index (χ1v) is 5.62. The average Bonchev–Trinajstić information content (AvgIpc) is 2.84.